The first-order valence-corrected chi connectivity index (χ1v) is 5.85. The Hall–Kier alpha value is -2.56. The van der Waals surface area contributed by atoms with Crippen LogP contribution < -0.4 is 11.1 Å². The Morgan fingerprint density at radius 1 is 1.42 bits per heavy atom. The topological polar surface area (TPSA) is 88.2 Å². The highest BCUT2D eigenvalue weighted by molar-refractivity contribution is 5.93. The van der Waals surface area contributed by atoms with Crippen molar-refractivity contribution in [3.05, 3.63) is 53.3 Å². The molecule has 0 unspecified atom stereocenters. The highest BCUT2D eigenvalue weighted by Gasteiger charge is 2.10. The van der Waals surface area contributed by atoms with Gasteiger partial charge in [0, 0.05) is 24.0 Å². The van der Waals surface area contributed by atoms with Crippen molar-refractivity contribution in [3.63, 3.8) is 0 Å². The van der Waals surface area contributed by atoms with Crippen LogP contribution >= 0.6 is 0 Å². The van der Waals surface area contributed by atoms with E-state index in [-0.39, 0.29) is 18.2 Å². The van der Waals surface area contributed by atoms with Crippen molar-refractivity contribution < 1.29 is 9.90 Å². The summed E-state index contributed by atoms with van der Waals surface area (Å²) < 4.78 is 0. The molecule has 2 rings (SSSR count). The molecule has 0 bridgehead atoms. The van der Waals surface area contributed by atoms with Gasteiger partial charge in [0.15, 0.2) is 0 Å². The number of carbonyl (C=O) groups is 1. The Morgan fingerprint density at radius 3 is 2.95 bits per heavy atom. The number of amides is 1. The normalized spacial score (nSPS) is 10.2. The van der Waals surface area contributed by atoms with Gasteiger partial charge in [-0.2, -0.15) is 0 Å². The van der Waals surface area contributed by atoms with Crippen LogP contribution in [-0.4, -0.2) is 16.0 Å². The van der Waals surface area contributed by atoms with Crippen molar-refractivity contribution >= 4 is 11.6 Å². The van der Waals surface area contributed by atoms with Crippen LogP contribution in [0.5, 0.6) is 5.75 Å². The minimum atomic E-state index is -0.278. The number of nitrogens with zero attached hydrogens (tertiary/aromatic N) is 1. The fourth-order valence-electron chi connectivity index (χ4n) is 1.73. The number of hydrogen-bond acceptors (Lipinski definition) is 4. The molecule has 0 radical (unpaired) electrons. The van der Waals surface area contributed by atoms with E-state index in [0.29, 0.717) is 16.9 Å². The Kier molecular flexibility index (Phi) is 3.66. The number of hydrogen-bond donors (Lipinski definition) is 3. The van der Waals surface area contributed by atoms with Gasteiger partial charge in [-0.25, -0.2) is 0 Å². The highest BCUT2D eigenvalue weighted by atomic mass is 16.3. The monoisotopic (exact) mass is 257 g/mol. The van der Waals surface area contributed by atoms with Crippen molar-refractivity contribution in [1.82, 2.24) is 10.3 Å². The van der Waals surface area contributed by atoms with Crippen LogP contribution in [0.4, 0.5) is 5.69 Å². The second kappa shape index (κ2) is 5.39. The van der Waals surface area contributed by atoms with Crippen LogP contribution in [0.25, 0.3) is 0 Å². The summed E-state index contributed by atoms with van der Waals surface area (Å²) in [6.45, 7) is 2.02. The number of nitrogen functional groups attached to an aromatic ring is 1. The van der Waals surface area contributed by atoms with E-state index in [1.165, 1.54) is 6.07 Å². The Bertz CT molecular complexity index is 611. The second-order valence-corrected chi connectivity index (χ2v) is 4.24. The lowest BCUT2D eigenvalue weighted by atomic mass is 10.1. The van der Waals surface area contributed by atoms with Crippen LogP contribution in [0.3, 0.4) is 0 Å². The predicted octanol–water partition coefficient (Wildman–Crippen LogP) is 1.61. The van der Waals surface area contributed by atoms with Crippen molar-refractivity contribution in [2.24, 2.45) is 0 Å². The number of pyridine rings is 1. The number of nitrogens with one attached hydrogen (secondary N) is 1. The number of rotatable bonds is 3. The standard InChI is InChI=1S/C14H15N3O2/c1-9-3-2-6-16-13(9)14(19)17-8-10-7-11(15)4-5-12(10)18/h2-7,18H,8,15H2,1H3,(H,17,19). The molecule has 0 aliphatic heterocycles. The molecular formula is C14H15N3O2. The molecule has 5 nitrogen and oxygen atoms in total. The summed E-state index contributed by atoms with van der Waals surface area (Å²) >= 11 is 0. The van der Waals surface area contributed by atoms with Gasteiger partial charge in [0.1, 0.15) is 11.4 Å². The van der Waals surface area contributed by atoms with Gasteiger partial charge in [0.05, 0.1) is 0 Å². The summed E-state index contributed by atoms with van der Waals surface area (Å²) in [5.41, 5.74) is 7.93. The minimum Gasteiger partial charge on any atom is -0.508 e. The number of nitrogens with two attached hydrogens (primary N) is 1. The summed E-state index contributed by atoms with van der Waals surface area (Å²) in [6.07, 6.45) is 1.57. The number of aromatic hydroxyl groups is 1. The van der Waals surface area contributed by atoms with Gasteiger partial charge in [-0.1, -0.05) is 6.07 Å². The predicted molar refractivity (Wildman–Crippen MR) is 72.7 cm³/mol. The van der Waals surface area contributed by atoms with Gasteiger partial charge < -0.3 is 16.2 Å². The molecule has 1 heterocycles. The maximum atomic E-state index is 11.9. The lowest BCUT2D eigenvalue weighted by molar-refractivity contribution is 0.0945. The molecule has 2 aromatic rings. The van der Waals surface area contributed by atoms with Crippen LogP contribution in [0.2, 0.25) is 0 Å². The average Bonchev–Trinajstić information content (AvgIpc) is 2.40. The van der Waals surface area contributed by atoms with E-state index in [0.717, 1.165) is 5.56 Å². The summed E-state index contributed by atoms with van der Waals surface area (Å²) in [6, 6.07) is 8.32. The molecule has 0 saturated heterocycles. The Morgan fingerprint density at radius 2 is 2.21 bits per heavy atom. The molecule has 1 aromatic carbocycles. The molecule has 1 aromatic heterocycles. The van der Waals surface area contributed by atoms with Gasteiger partial charge in [0.25, 0.3) is 5.91 Å². The Balaban J connectivity index is 2.09. The van der Waals surface area contributed by atoms with Crippen molar-refractivity contribution in [1.29, 1.82) is 0 Å². The molecule has 0 fully saturated rings. The lowest BCUT2D eigenvalue weighted by Gasteiger charge is -2.08. The number of benzene rings is 1. The van der Waals surface area contributed by atoms with E-state index < -0.39 is 0 Å². The zero-order valence-electron chi connectivity index (χ0n) is 10.6. The van der Waals surface area contributed by atoms with Crippen LogP contribution in [0, 0.1) is 6.92 Å². The first kappa shape index (κ1) is 12.9. The van der Waals surface area contributed by atoms with Gasteiger partial charge in [-0.3, -0.25) is 9.78 Å². The SMILES string of the molecule is Cc1cccnc1C(=O)NCc1cc(N)ccc1O. The van der Waals surface area contributed by atoms with E-state index in [1.54, 1.807) is 24.4 Å². The maximum absolute atomic E-state index is 11.9. The number of carbonyl (C=O) groups excluding carboxylic acids is 1. The third kappa shape index (κ3) is 3.01. The van der Waals surface area contributed by atoms with E-state index in [9.17, 15) is 9.90 Å². The summed E-state index contributed by atoms with van der Waals surface area (Å²) in [5, 5.41) is 12.4. The molecule has 19 heavy (non-hydrogen) atoms. The van der Waals surface area contributed by atoms with Crippen molar-refractivity contribution in [2.75, 3.05) is 5.73 Å². The molecule has 5 heteroatoms. The molecule has 0 saturated carbocycles. The van der Waals surface area contributed by atoms with Gasteiger partial charge in [-0.15, -0.1) is 0 Å². The highest BCUT2D eigenvalue weighted by Crippen LogP contribution is 2.19. The summed E-state index contributed by atoms with van der Waals surface area (Å²) in [4.78, 5) is 16.0. The van der Waals surface area contributed by atoms with E-state index >= 15 is 0 Å². The summed E-state index contributed by atoms with van der Waals surface area (Å²) in [7, 11) is 0. The molecule has 0 spiro atoms. The zero-order valence-corrected chi connectivity index (χ0v) is 10.6. The van der Waals surface area contributed by atoms with Crippen LogP contribution in [-0.2, 0) is 6.54 Å². The maximum Gasteiger partial charge on any atom is 0.270 e. The van der Waals surface area contributed by atoms with E-state index in [4.69, 9.17) is 5.73 Å². The number of aromatic nitrogens is 1. The van der Waals surface area contributed by atoms with Gasteiger partial charge >= 0.3 is 0 Å². The fraction of sp³-hybridized carbons (Fsp3) is 0.143. The van der Waals surface area contributed by atoms with Gasteiger partial charge in [0.2, 0.25) is 0 Å². The quantitative estimate of drug-likeness (QED) is 0.575. The Labute approximate surface area is 111 Å². The summed E-state index contributed by atoms with van der Waals surface area (Å²) in [5.74, 6) is -0.174. The van der Waals surface area contributed by atoms with E-state index in [1.807, 2.05) is 13.0 Å². The third-order valence-electron chi connectivity index (χ3n) is 2.77. The molecule has 4 N–H and O–H groups in total. The second-order valence-electron chi connectivity index (χ2n) is 4.24. The molecular weight excluding hydrogens is 242 g/mol. The molecule has 0 atom stereocenters. The number of phenolic OH excluding ortho intramolecular Hbond substituents is 1. The number of anilines is 1. The molecule has 0 aliphatic rings. The minimum absolute atomic E-state index is 0.104. The lowest BCUT2D eigenvalue weighted by Crippen LogP contribution is -2.24. The first-order chi connectivity index (χ1) is 9.08. The zero-order chi connectivity index (χ0) is 13.8. The van der Waals surface area contributed by atoms with Crippen LogP contribution in [0.1, 0.15) is 21.6 Å². The number of aryl methyl sites for hydroxylation is 1. The van der Waals surface area contributed by atoms with Gasteiger partial charge in [-0.05, 0) is 36.8 Å². The molecule has 98 valence electrons. The van der Waals surface area contributed by atoms with E-state index in [2.05, 4.69) is 10.3 Å². The largest absolute Gasteiger partial charge is 0.508 e. The first-order valence-electron chi connectivity index (χ1n) is 5.85. The fourth-order valence-corrected chi connectivity index (χ4v) is 1.73. The number of phenols is 1. The molecule has 0 aliphatic carbocycles. The van der Waals surface area contributed by atoms with Crippen LogP contribution in [0.15, 0.2) is 36.5 Å². The smallest absolute Gasteiger partial charge is 0.270 e. The third-order valence-corrected chi connectivity index (χ3v) is 2.77. The average molecular weight is 257 g/mol. The van der Waals surface area contributed by atoms with Crippen molar-refractivity contribution in [3.8, 4) is 5.75 Å². The van der Waals surface area contributed by atoms with Crippen molar-refractivity contribution in [2.45, 2.75) is 13.5 Å². The molecule has 1 amide bonds.